The van der Waals surface area contributed by atoms with E-state index >= 15 is 0 Å². The van der Waals surface area contributed by atoms with Gasteiger partial charge in [-0.1, -0.05) is 26.0 Å². The first-order valence-electron chi connectivity index (χ1n) is 7.33. The lowest BCUT2D eigenvalue weighted by atomic mass is 10.1. The van der Waals surface area contributed by atoms with Crippen molar-refractivity contribution in [3.63, 3.8) is 0 Å². The Hall–Kier alpha value is -1.39. The van der Waals surface area contributed by atoms with Gasteiger partial charge in [0.15, 0.2) is 0 Å². The molecule has 0 aromatic heterocycles. The average Bonchev–Trinajstić information content (AvgIpc) is 2.85. The van der Waals surface area contributed by atoms with E-state index in [0.29, 0.717) is 6.04 Å². The van der Waals surface area contributed by atoms with Gasteiger partial charge in [-0.3, -0.25) is 4.79 Å². The lowest BCUT2D eigenvalue weighted by Gasteiger charge is -2.12. The lowest BCUT2D eigenvalue weighted by Crippen LogP contribution is -2.27. The second-order valence-electron chi connectivity index (χ2n) is 5.73. The number of benzene rings is 1. The van der Waals surface area contributed by atoms with Gasteiger partial charge in [0.2, 0.25) is 0 Å². The van der Waals surface area contributed by atoms with Crippen LogP contribution in [0.3, 0.4) is 0 Å². The first-order chi connectivity index (χ1) is 9.54. The monoisotopic (exact) mass is 276 g/mol. The molecule has 0 aliphatic carbocycles. The van der Waals surface area contributed by atoms with Crippen molar-refractivity contribution in [2.75, 3.05) is 5.32 Å². The molecule has 2 rings (SSSR count). The standard InChI is InChI=1S/C16H24N2O2/c1-11(2)17-10-13-5-7-14(8-6-13)18-16(19)15-9-4-12(3)20-15/h5-8,11-12,15,17H,4,9-10H2,1-3H3,(H,18,19). The molecule has 4 heteroatoms. The van der Waals surface area contributed by atoms with Crippen molar-refractivity contribution in [2.45, 2.75) is 58.4 Å². The van der Waals surface area contributed by atoms with Gasteiger partial charge in [0.1, 0.15) is 6.10 Å². The highest BCUT2D eigenvalue weighted by Gasteiger charge is 2.27. The predicted octanol–water partition coefficient (Wildman–Crippen LogP) is 2.69. The zero-order valence-electron chi connectivity index (χ0n) is 12.5. The highest BCUT2D eigenvalue weighted by atomic mass is 16.5. The van der Waals surface area contributed by atoms with Crippen LogP contribution in [0.2, 0.25) is 0 Å². The maximum absolute atomic E-state index is 12.0. The fourth-order valence-electron chi connectivity index (χ4n) is 2.25. The maximum Gasteiger partial charge on any atom is 0.253 e. The first kappa shape index (κ1) is 15.0. The van der Waals surface area contributed by atoms with E-state index in [2.05, 4.69) is 24.5 Å². The van der Waals surface area contributed by atoms with Gasteiger partial charge in [-0.2, -0.15) is 0 Å². The van der Waals surface area contributed by atoms with E-state index in [4.69, 9.17) is 4.74 Å². The Bertz CT molecular complexity index is 442. The average molecular weight is 276 g/mol. The molecule has 0 spiro atoms. The smallest absolute Gasteiger partial charge is 0.253 e. The summed E-state index contributed by atoms with van der Waals surface area (Å²) in [4.78, 5) is 12.0. The summed E-state index contributed by atoms with van der Waals surface area (Å²) in [5.74, 6) is -0.0394. The molecule has 1 aliphatic heterocycles. The van der Waals surface area contributed by atoms with Gasteiger partial charge in [0.05, 0.1) is 6.10 Å². The van der Waals surface area contributed by atoms with Crippen LogP contribution in [0.5, 0.6) is 0 Å². The van der Waals surface area contributed by atoms with Crippen LogP contribution in [0.1, 0.15) is 39.2 Å². The van der Waals surface area contributed by atoms with Crippen LogP contribution in [0.15, 0.2) is 24.3 Å². The minimum absolute atomic E-state index is 0.0394. The third-order valence-electron chi connectivity index (χ3n) is 3.46. The van der Waals surface area contributed by atoms with Crippen molar-refractivity contribution in [1.82, 2.24) is 5.32 Å². The molecule has 2 atom stereocenters. The molecule has 0 bridgehead atoms. The van der Waals surface area contributed by atoms with Crippen molar-refractivity contribution in [3.8, 4) is 0 Å². The van der Waals surface area contributed by atoms with Crippen LogP contribution < -0.4 is 10.6 Å². The number of carbonyl (C=O) groups is 1. The van der Waals surface area contributed by atoms with Gasteiger partial charge < -0.3 is 15.4 Å². The second kappa shape index (κ2) is 6.86. The molecule has 0 saturated carbocycles. The Kier molecular flexibility index (Phi) is 5.15. The fraction of sp³-hybridized carbons (Fsp3) is 0.562. The number of ether oxygens (including phenoxy) is 1. The summed E-state index contributed by atoms with van der Waals surface area (Å²) < 4.78 is 5.56. The Morgan fingerprint density at radius 3 is 2.55 bits per heavy atom. The Morgan fingerprint density at radius 2 is 2.00 bits per heavy atom. The molecule has 1 saturated heterocycles. The minimum Gasteiger partial charge on any atom is -0.365 e. The number of anilines is 1. The summed E-state index contributed by atoms with van der Waals surface area (Å²) in [5.41, 5.74) is 2.04. The molecule has 2 N–H and O–H groups in total. The molecular formula is C16H24N2O2. The largest absolute Gasteiger partial charge is 0.365 e. The van der Waals surface area contributed by atoms with Crippen molar-refractivity contribution >= 4 is 11.6 Å². The summed E-state index contributed by atoms with van der Waals surface area (Å²) in [6, 6.07) is 8.41. The molecule has 1 aromatic carbocycles. The van der Waals surface area contributed by atoms with Gasteiger partial charge in [-0.25, -0.2) is 0 Å². The van der Waals surface area contributed by atoms with Gasteiger partial charge in [-0.05, 0) is 37.5 Å². The van der Waals surface area contributed by atoms with Gasteiger partial charge >= 0.3 is 0 Å². The fourth-order valence-corrected chi connectivity index (χ4v) is 2.25. The summed E-state index contributed by atoms with van der Waals surface area (Å²) in [6.45, 7) is 7.09. The highest BCUT2D eigenvalue weighted by molar-refractivity contribution is 5.94. The first-order valence-corrected chi connectivity index (χ1v) is 7.33. The third kappa shape index (κ3) is 4.32. The van der Waals surface area contributed by atoms with Crippen molar-refractivity contribution in [2.24, 2.45) is 0 Å². The Balaban J connectivity index is 1.85. The summed E-state index contributed by atoms with van der Waals surface area (Å²) >= 11 is 0. The van der Waals surface area contributed by atoms with Crippen LogP contribution >= 0.6 is 0 Å². The zero-order chi connectivity index (χ0) is 14.5. The quantitative estimate of drug-likeness (QED) is 0.869. The number of nitrogens with one attached hydrogen (secondary N) is 2. The number of amides is 1. The van der Waals surface area contributed by atoms with E-state index in [1.807, 2.05) is 31.2 Å². The molecule has 110 valence electrons. The van der Waals surface area contributed by atoms with Crippen LogP contribution in [-0.2, 0) is 16.1 Å². The number of hydrogen-bond acceptors (Lipinski definition) is 3. The molecule has 1 amide bonds. The van der Waals surface area contributed by atoms with E-state index in [0.717, 1.165) is 25.1 Å². The molecule has 0 radical (unpaired) electrons. The van der Waals surface area contributed by atoms with E-state index in [9.17, 15) is 4.79 Å². The normalized spacial score (nSPS) is 22.2. The van der Waals surface area contributed by atoms with E-state index in [1.54, 1.807) is 0 Å². The summed E-state index contributed by atoms with van der Waals surface area (Å²) in [7, 11) is 0. The van der Waals surface area contributed by atoms with Crippen LogP contribution in [0.25, 0.3) is 0 Å². The number of carbonyl (C=O) groups excluding carboxylic acids is 1. The SMILES string of the molecule is CC(C)NCc1ccc(NC(=O)C2CCC(C)O2)cc1. The van der Waals surface area contributed by atoms with Crippen molar-refractivity contribution < 1.29 is 9.53 Å². The molecule has 1 aromatic rings. The molecule has 1 fully saturated rings. The highest BCUT2D eigenvalue weighted by Crippen LogP contribution is 2.20. The number of hydrogen-bond donors (Lipinski definition) is 2. The van der Waals surface area contributed by atoms with Crippen LogP contribution in [0, 0.1) is 0 Å². The van der Waals surface area contributed by atoms with Gasteiger partial charge in [0.25, 0.3) is 5.91 Å². The van der Waals surface area contributed by atoms with Gasteiger partial charge in [-0.15, -0.1) is 0 Å². The summed E-state index contributed by atoms with van der Waals surface area (Å²) in [5, 5.41) is 6.28. The van der Waals surface area contributed by atoms with Crippen LogP contribution in [-0.4, -0.2) is 24.2 Å². The molecular weight excluding hydrogens is 252 g/mol. The minimum atomic E-state index is -0.299. The molecule has 20 heavy (non-hydrogen) atoms. The molecule has 4 nitrogen and oxygen atoms in total. The van der Waals surface area contributed by atoms with E-state index in [-0.39, 0.29) is 18.1 Å². The second-order valence-corrected chi connectivity index (χ2v) is 5.73. The number of rotatable bonds is 5. The Morgan fingerprint density at radius 1 is 1.30 bits per heavy atom. The summed E-state index contributed by atoms with van der Waals surface area (Å²) in [6.07, 6.45) is 1.66. The zero-order valence-corrected chi connectivity index (χ0v) is 12.5. The third-order valence-corrected chi connectivity index (χ3v) is 3.46. The van der Waals surface area contributed by atoms with E-state index < -0.39 is 0 Å². The maximum atomic E-state index is 12.0. The van der Waals surface area contributed by atoms with Crippen molar-refractivity contribution in [3.05, 3.63) is 29.8 Å². The van der Waals surface area contributed by atoms with Crippen LogP contribution in [0.4, 0.5) is 5.69 Å². The van der Waals surface area contributed by atoms with Gasteiger partial charge in [0, 0.05) is 18.3 Å². The molecule has 1 heterocycles. The predicted molar refractivity (Wildman–Crippen MR) is 80.6 cm³/mol. The molecule has 2 unspecified atom stereocenters. The van der Waals surface area contributed by atoms with E-state index in [1.165, 1.54) is 5.56 Å². The Labute approximate surface area is 120 Å². The van der Waals surface area contributed by atoms with Crippen molar-refractivity contribution in [1.29, 1.82) is 0 Å². The molecule has 1 aliphatic rings. The topological polar surface area (TPSA) is 50.4 Å². The lowest BCUT2D eigenvalue weighted by molar-refractivity contribution is -0.126.